The third kappa shape index (κ3) is 3.90. The largest absolute Gasteiger partial charge is 0.493 e. The molecule has 1 heterocycles. The summed E-state index contributed by atoms with van der Waals surface area (Å²) in [6, 6.07) is 15.4. The number of aromatic amines is 2. The first-order valence-electron chi connectivity index (χ1n) is 9.39. The Morgan fingerprint density at radius 3 is 2.76 bits per heavy atom. The van der Waals surface area contributed by atoms with Gasteiger partial charge in [0.15, 0.2) is 0 Å². The minimum atomic E-state index is -0.367. The number of benzene rings is 2. The van der Waals surface area contributed by atoms with Crippen LogP contribution in [-0.4, -0.2) is 43.6 Å². The predicted octanol–water partition coefficient (Wildman–Crippen LogP) is 4.55. The van der Waals surface area contributed by atoms with Crippen molar-refractivity contribution in [3.8, 4) is 17.0 Å². The summed E-state index contributed by atoms with van der Waals surface area (Å²) < 4.78 is 15.6. The highest BCUT2D eigenvalue weighted by atomic mass is 16.5. The van der Waals surface area contributed by atoms with Crippen LogP contribution in [0.3, 0.4) is 0 Å². The van der Waals surface area contributed by atoms with E-state index in [4.69, 9.17) is 14.2 Å². The molecule has 0 aromatic heterocycles. The molecule has 0 bridgehead atoms. The highest BCUT2D eigenvalue weighted by Gasteiger charge is 2.17. The quantitative estimate of drug-likeness (QED) is 0.302. The Hall–Kier alpha value is -3.45. The third-order valence-corrected chi connectivity index (χ3v) is 4.76. The van der Waals surface area contributed by atoms with Gasteiger partial charge in [-0.1, -0.05) is 6.07 Å². The first-order valence-corrected chi connectivity index (χ1v) is 9.39. The fraction of sp³-hybridized carbons (Fsp3) is 0.227. The zero-order valence-corrected chi connectivity index (χ0v) is 16.4. The number of aromatic nitrogens is 2. The molecule has 29 heavy (non-hydrogen) atoms. The van der Waals surface area contributed by atoms with Crippen molar-refractivity contribution < 1.29 is 19.0 Å². The van der Waals surface area contributed by atoms with Gasteiger partial charge < -0.3 is 19.5 Å². The number of fused-ring (bicyclic) bond motifs is 3. The van der Waals surface area contributed by atoms with Crippen LogP contribution < -0.4 is 10.1 Å². The Bertz CT molecular complexity index is 1100. The van der Waals surface area contributed by atoms with Gasteiger partial charge in [0.2, 0.25) is 0 Å². The van der Waals surface area contributed by atoms with Crippen molar-refractivity contribution in [1.82, 2.24) is 10.2 Å². The number of anilines is 2. The zero-order chi connectivity index (χ0) is 20.2. The van der Waals surface area contributed by atoms with Gasteiger partial charge in [-0.3, -0.25) is 10.2 Å². The monoisotopic (exact) mass is 393 g/mol. The van der Waals surface area contributed by atoms with Crippen molar-refractivity contribution in [1.29, 1.82) is 0 Å². The fourth-order valence-electron chi connectivity index (χ4n) is 3.35. The number of rotatable bonds is 8. The van der Waals surface area contributed by atoms with Gasteiger partial charge >= 0.3 is 5.97 Å². The van der Waals surface area contributed by atoms with Crippen molar-refractivity contribution in [3.63, 3.8) is 0 Å². The molecule has 7 heteroatoms. The van der Waals surface area contributed by atoms with Crippen LogP contribution in [0.2, 0.25) is 0 Å². The molecule has 0 amide bonds. The van der Waals surface area contributed by atoms with Gasteiger partial charge in [0.25, 0.3) is 0 Å². The lowest BCUT2D eigenvalue weighted by Gasteiger charge is -2.06. The first kappa shape index (κ1) is 18.9. The van der Waals surface area contributed by atoms with Gasteiger partial charge in [-0.2, -0.15) is 0 Å². The maximum absolute atomic E-state index is 11.8. The standard InChI is InChI=1S/C22H23N3O4/c1-27-9-4-10-29-17-7-8-18-15(12-17)13-19-20(18)24-25-21(19)23-16-6-3-5-14(11-16)22(26)28-2/h3,5-8,11-13,23-25H,4,9-10H2,1-2H3. The Morgan fingerprint density at radius 2 is 1.93 bits per heavy atom. The molecule has 0 radical (unpaired) electrons. The van der Waals surface area contributed by atoms with Gasteiger partial charge in [0.1, 0.15) is 11.6 Å². The fourth-order valence-corrected chi connectivity index (χ4v) is 3.35. The lowest BCUT2D eigenvalue weighted by atomic mass is 10.2. The molecule has 2 aromatic carbocycles. The number of carbonyl (C=O) groups is 1. The molecule has 4 rings (SSSR count). The number of nitrogens with one attached hydrogen (secondary N) is 3. The highest BCUT2D eigenvalue weighted by molar-refractivity contribution is 6.04. The van der Waals surface area contributed by atoms with Crippen LogP contribution in [0.5, 0.6) is 5.75 Å². The maximum atomic E-state index is 11.8. The molecular weight excluding hydrogens is 370 g/mol. The van der Waals surface area contributed by atoms with E-state index in [1.165, 1.54) is 7.11 Å². The molecule has 2 aliphatic rings. The van der Waals surface area contributed by atoms with E-state index in [9.17, 15) is 4.79 Å². The van der Waals surface area contributed by atoms with E-state index in [0.29, 0.717) is 18.8 Å². The second-order valence-electron chi connectivity index (χ2n) is 6.70. The molecule has 3 N–H and O–H groups in total. The Kier molecular flexibility index (Phi) is 5.39. The van der Waals surface area contributed by atoms with E-state index in [2.05, 4.69) is 27.6 Å². The molecule has 2 aromatic rings. The van der Waals surface area contributed by atoms with E-state index in [-0.39, 0.29) is 5.97 Å². The molecule has 0 fully saturated rings. The summed E-state index contributed by atoms with van der Waals surface area (Å²) in [6.45, 7) is 1.30. The summed E-state index contributed by atoms with van der Waals surface area (Å²) in [5.41, 5.74) is 3.32. The number of esters is 1. The van der Waals surface area contributed by atoms with E-state index < -0.39 is 0 Å². The van der Waals surface area contributed by atoms with Crippen LogP contribution in [0.1, 0.15) is 16.8 Å². The Balaban J connectivity index is 1.57. The highest BCUT2D eigenvalue weighted by Crippen LogP contribution is 2.39. The lowest BCUT2D eigenvalue weighted by molar-refractivity contribution is 0.0601. The van der Waals surface area contributed by atoms with Crippen LogP contribution in [0.15, 0.2) is 48.5 Å². The Labute approximate surface area is 168 Å². The summed E-state index contributed by atoms with van der Waals surface area (Å²) in [5.74, 6) is 1.29. The maximum Gasteiger partial charge on any atom is 0.337 e. The van der Waals surface area contributed by atoms with Crippen LogP contribution in [0.25, 0.3) is 22.0 Å². The summed E-state index contributed by atoms with van der Waals surface area (Å²) >= 11 is 0. The smallest absolute Gasteiger partial charge is 0.337 e. The summed E-state index contributed by atoms with van der Waals surface area (Å²) in [7, 11) is 3.06. The number of methoxy groups -OCH3 is 2. The summed E-state index contributed by atoms with van der Waals surface area (Å²) in [5, 5.41) is 11.9. The molecule has 0 saturated heterocycles. The SMILES string of the molecule is COCCCOc1ccc2c3[nH][nH]c(Nc4cccc(C(=O)OC)c4)c-3cc2c1. The second-order valence-corrected chi connectivity index (χ2v) is 6.70. The van der Waals surface area contributed by atoms with E-state index >= 15 is 0 Å². The molecular formula is C22H23N3O4. The second kappa shape index (κ2) is 8.28. The van der Waals surface area contributed by atoms with Crippen molar-refractivity contribution in [2.75, 3.05) is 32.8 Å². The van der Waals surface area contributed by atoms with Crippen molar-refractivity contribution in [2.45, 2.75) is 6.42 Å². The third-order valence-electron chi connectivity index (χ3n) is 4.76. The van der Waals surface area contributed by atoms with Gasteiger partial charge in [-0.15, -0.1) is 0 Å². The summed E-state index contributed by atoms with van der Waals surface area (Å²) in [4.78, 5) is 11.8. The van der Waals surface area contributed by atoms with Crippen LogP contribution in [0.4, 0.5) is 11.5 Å². The van der Waals surface area contributed by atoms with Gasteiger partial charge in [-0.05, 0) is 47.9 Å². The van der Waals surface area contributed by atoms with Crippen molar-refractivity contribution in [2.24, 2.45) is 0 Å². The Morgan fingerprint density at radius 1 is 1.03 bits per heavy atom. The number of hydrogen-bond acceptors (Lipinski definition) is 5. The van der Waals surface area contributed by atoms with Crippen LogP contribution >= 0.6 is 0 Å². The molecule has 0 spiro atoms. The topological polar surface area (TPSA) is 88.4 Å². The van der Waals surface area contributed by atoms with Crippen LogP contribution in [0, 0.1) is 0 Å². The molecule has 0 saturated carbocycles. The summed E-state index contributed by atoms with van der Waals surface area (Å²) in [6.07, 6.45) is 0.851. The number of ether oxygens (including phenoxy) is 3. The van der Waals surface area contributed by atoms with Crippen LogP contribution in [-0.2, 0) is 9.47 Å². The minimum Gasteiger partial charge on any atom is -0.493 e. The molecule has 7 nitrogen and oxygen atoms in total. The van der Waals surface area contributed by atoms with Crippen molar-refractivity contribution in [3.05, 3.63) is 54.1 Å². The van der Waals surface area contributed by atoms with Gasteiger partial charge in [-0.25, -0.2) is 4.79 Å². The van der Waals surface area contributed by atoms with E-state index in [0.717, 1.165) is 45.7 Å². The zero-order valence-electron chi connectivity index (χ0n) is 16.4. The minimum absolute atomic E-state index is 0.367. The lowest BCUT2D eigenvalue weighted by Crippen LogP contribution is -2.01. The van der Waals surface area contributed by atoms with E-state index in [1.54, 1.807) is 19.2 Å². The van der Waals surface area contributed by atoms with Gasteiger partial charge in [0.05, 0.1) is 25.0 Å². The van der Waals surface area contributed by atoms with E-state index in [1.807, 2.05) is 24.3 Å². The van der Waals surface area contributed by atoms with Crippen molar-refractivity contribution >= 4 is 28.2 Å². The first-order chi connectivity index (χ1) is 14.2. The molecule has 150 valence electrons. The number of hydrogen-bond donors (Lipinski definition) is 3. The molecule has 1 aliphatic carbocycles. The number of H-pyrrole nitrogens is 2. The average Bonchev–Trinajstić information content (AvgIpc) is 3.30. The molecule has 0 atom stereocenters. The normalized spacial score (nSPS) is 11.1. The molecule has 1 aliphatic heterocycles. The predicted molar refractivity (Wildman–Crippen MR) is 112 cm³/mol. The van der Waals surface area contributed by atoms with Gasteiger partial charge in [0, 0.05) is 36.8 Å². The number of carbonyl (C=O) groups excluding carboxylic acids is 1. The average molecular weight is 393 g/mol. The molecule has 0 unspecified atom stereocenters.